The number of hydrogen-bond acceptors (Lipinski definition) is 3. The molecule has 0 unspecified atom stereocenters. The van der Waals surface area contributed by atoms with E-state index >= 15 is 0 Å². The normalized spacial score (nSPS) is 11.2. The van der Waals surface area contributed by atoms with Crippen LogP contribution in [0.5, 0.6) is 0 Å². The molecule has 184 valence electrons. The van der Waals surface area contributed by atoms with Gasteiger partial charge in [0, 0.05) is 30.9 Å². The van der Waals surface area contributed by atoms with Crippen LogP contribution < -0.4 is 10.2 Å². The first-order valence-corrected chi connectivity index (χ1v) is 11.3. The predicted molar refractivity (Wildman–Crippen MR) is 126 cm³/mol. The average molecular weight is 553 g/mol. The van der Waals surface area contributed by atoms with Crippen molar-refractivity contribution in [2.45, 2.75) is 25.7 Å². The first-order chi connectivity index (χ1) is 16.5. The molecule has 10 heteroatoms. The Labute approximate surface area is 207 Å². The number of rotatable bonds is 9. The SMILES string of the molecule is O=C(O)CCNC(=O)c1ccc(N(Cc2ccc(C(F)(F)F)cc2)Cc2ccc(F)c(Br)c2)cc1. The van der Waals surface area contributed by atoms with Crippen LogP contribution in [0, 0.1) is 5.82 Å². The molecule has 0 radical (unpaired) electrons. The van der Waals surface area contributed by atoms with Gasteiger partial charge in [-0.05, 0) is 75.6 Å². The molecule has 3 rings (SSSR count). The standard InChI is InChI=1S/C25H21BrF4N2O3/c26-21-13-17(3-10-22(21)27)15-32(14-16-1-6-19(7-2-16)25(28,29)30)20-8-4-18(5-9-20)24(35)31-12-11-23(33)34/h1-10,13H,11-12,14-15H2,(H,31,35)(H,33,34). The molecular weight excluding hydrogens is 532 g/mol. The highest BCUT2D eigenvalue weighted by Crippen LogP contribution is 2.30. The molecule has 0 aliphatic heterocycles. The molecular formula is C25H21BrF4N2O3. The van der Waals surface area contributed by atoms with Gasteiger partial charge in [0.25, 0.3) is 5.91 Å². The fourth-order valence-electron chi connectivity index (χ4n) is 3.33. The number of carbonyl (C=O) groups is 2. The summed E-state index contributed by atoms with van der Waals surface area (Å²) in [6.45, 7) is 0.580. The minimum absolute atomic E-state index is 0.00455. The van der Waals surface area contributed by atoms with Crippen LogP contribution in [0.4, 0.5) is 23.2 Å². The van der Waals surface area contributed by atoms with Crippen LogP contribution in [0.2, 0.25) is 0 Å². The van der Waals surface area contributed by atoms with Gasteiger partial charge in [-0.3, -0.25) is 9.59 Å². The Kier molecular flexibility index (Phi) is 8.50. The van der Waals surface area contributed by atoms with Gasteiger partial charge >= 0.3 is 12.1 Å². The second-order valence-electron chi connectivity index (χ2n) is 7.75. The Balaban J connectivity index is 1.82. The Morgan fingerprint density at radius 3 is 2.09 bits per heavy atom. The van der Waals surface area contributed by atoms with E-state index in [2.05, 4.69) is 21.2 Å². The maximum absolute atomic E-state index is 13.7. The van der Waals surface area contributed by atoms with Crippen LogP contribution in [0.25, 0.3) is 0 Å². The fraction of sp³-hybridized carbons (Fsp3) is 0.200. The van der Waals surface area contributed by atoms with Gasteiger partial charge in [0.15, 0.2) is 0 Å². The minimum Gasteiger partial charge on any atom is -0.481 e. The van der Waals surface area contributed by atoms with E-state index < -0.39 is 29.4 Å². The summed E-state index contributed by atoms with van der Waals surface area (Å²) in [5.41, 5.74) is 1.68. The van der Waals surface area contributed by atoms with Crippen LogP contribution >= 0.6 is 15.9 Å². The summed E-state index contributed by atoms with van der Waals surface area (Å²) < 4.78 is 52.7. The largest absolute Gasteiger partial charge is 0.481 e. The number of carbonyl (C=O) groups excluding carboxylic acids is 1. The summed E-state index contributed by atoms with van der Waals surface area (Å²) in [5.74, 6) is -1.86. The van der Waals surface area contributed by atoms with Gasteiger partial charge in [0.2, 0.25) is 0 Å². The second kappa shape index (κ2) is 11.4. The van der Waals surface area contributed by atoms with E-state index in [0.29, 0.717) is 23.4 Å². The van der Waals surface area contributed by atoms with Crippen LogP contribution in [-0.4, -0.2) is 23.5 Å². The Bertz CT molecular complexity index is 1180. The van der Waals surface area contributed by atoms with Crippen molar-refractivity contribution in [3.8, 4) is 0 Å². The summed E-state index contributed by atoms with van der Waals surface area (Å²) in [4.78, 5) is 24.7. The fourth-order valence-corrected chi connectivity index (χ4v) is 3.75. The van der Waals surface area contributed by atoms with Crippen molar-refractivity contribution in [2.75, 3.05) is 11.4 Å². The topological polar surface area (TPSA) is 69.6 Å². The molecule has 35 heavy (non-hydrogen) atoms. The molecule has 0 spiro atoms. The summed E-state index contributed by atoms with van der Waals surface area (Å²) >= 11 is 3.16. The lowest BCUT2D eigenvalue weighted by Crippen LogP contribution is -2.26. The highest BCUT2D eigenvalue weighted by Gasteiger charge is 2.30. The summed E-state index contributed by atoms with van der Waals surface area (Å²) in [6, 6.07) is 15.9. The molecule has 1 amide bonds. The quantitative estimate of drug-likeness (QED) is 0.318. The lowest BCUT2D eigenvalue weighted by atomic mass is 10.1. The van der Waals surface area contributed by atoms with Crippen LogP contribution in [0.15, 0.2) is 71.2 Å². The van der Waals surface area contributed by atoms with E-state index in [9.17, 15) is 27.2 Å². The molecule has 0 saturated heterocycles. The summed E-state index contributed by atoms with van der Waals surface area (Å²) in [5, 5.41) is 11.2. The molecule has 3 aromatic rings. The molecule has 0 saturated carbocycles. The first kappa shape index (κ1) is 26.2. The zero-order chi connectivity index (χ0) is 25.6. The van der Waals surface area contributed by atoms with Crippen molar-refractivity contribution >= 4 is 33.5 Å². The van der Waals surface area contributed by atoms with Crippen LogP contribution in [0.1, 0.15) is 33.5 Å². The zero-order valence-corrected chi connectivity index (χ0v) is 19.9. The highest BCUT2D eigenvalue weighted by atomic mass is 79.9. The molecule has 3 aromatic carbocycles. The van der Waals surface area contributed by atoms with Gasteiger partial charge in [-0.2, -0.15) is 13.2 Å². The van der Waals surface area contributed by atoms with Gasteiger partial charge in [-0.25, -0.2) is 4.39 Å². The molecule has 0 bridgehead atoms. The monoisotopic (exact) mass is 552 g/mol. The smallest absolute Gasteiger partial charge is 0.416 e. The number of anilines is 1. The Morgan fingerprint density at radius 2 is 1.51 bits per heavy atom. The molecule has 0 aliphatic carbocycles. The number of carboxylic acids is 1. The van der Waals surface area contributed by atoms with Crippen molar-refractivity contribution in [3.05, 3.63) is 99.3 Å². The van der Waals surface area contributed by atoms with E-state index in [-0.39, 0.29) is 24.0 Å². The molecule has 0 fully saturated rings. The van der Waals surface area contributed by atoms with Gasteiger partial charge in [0.05, 0.1) is 16.5 Å². The molecule has 0 heterocycles. The number of amides is 1. The number of hydrogen-bond donors (Lipinski definition) is 2. The molecule has 0 aromatic heterocycles. The third-order valence-corrected chi connectivity index (χ3v) is 5.74. The van der Waals surface area contributed by atoms with E-state index in [1.54, 1.807) is 36.4 Å². The third-order valence-electron chi connectivity index (χ3n) is 5.13. The zero-order valence-electron chi connectivity index (χ0n) is 18.3. The van der Waals surface area contributed by atoms with Crippen molar-refractivity contribution in [2.24, 2.45) is 0 Å². The van der Waals surface area contributed by atoms with Crippen molar-refractivity contribution < 1.29 is 32.3 Å². The average Bonchev–Trinajstić information content (AvgIpc) is 2.80. The number of carboxylic acid groups (broad SMARTS) is 1. The van der Waals surface area contributed by atoms with Crippen LogP contribution in [0.3, 0.4) is 0 Å². The van der Waals surface area contributed by atoms with Gasteiger partial charge in [-0.1, -0.05) is 18.2 Å². The van der Waals surface area contributed by atoms with Gasteiger partial charge < -0.3 is 15.3 Å². The van der Waals surface area contributed by atoms with Crippen molar-refractivity contribution in [1.29, 1.82) is 0 Å². The lowest BCUT2D eigenvalue weighted by molar-refractivity contribution is -0.138. The molecule has 0 aliphatic rings. The molecule has 5 nitrogen and oxygen atoms in total. The minimum atomic E-state index is -4.43. The van der Waals surface area contributed by atoms with Crippen LogP contribution in [-0.2, 0) is 24.1 Å². The third kappa shape index (κ3) is 7.54. The molecule has 2 N–H and O–H groups in total. The maximum atomic E-state index is 13.7. The highest BCUT2D eigenvalue weighted by molar-refractivity contribution is 9.10. The van der Waals surface area contributed by atoms with Crippen molar-refractivity contribution in [3.63, 3.8) is 0 Å². The number of halogens is 5. The van der Waals surface area contributed by atoms with E-state index in [1.165, 1.54) is 18.2 Å². The second-order valence-corrected chi connectivity index (χ2v) is 8.60. The van der Waals surface area contributed by atoms with E-state index in [1.807, 2.05) is 4.90 Å². The van der Waals surface area contributed by atoms with Gasteiger partial charge in [-0.15, -0.1) is 0 Å². The number of nitrogens with one attached hydrogen (secondary N) is 1. The lowest BCUT2D eigenvalue weighted by Gasteiger charge is -2.26. The number of nitrogens with zero attached hydrogens (tertiary/aromatic N) is 1. The van der Waals surface area contributed by atoms with E-state index in [0.717, 1.165) is 17.7 Å². The first-order valence-electron chi connectivity index (χ1n) is 10.5. The maximum Gasteiger partial charge on any atom is 0.416 e. The summed E-state index contributed by atoms with van der Waals surface area (Å²) in [7, 11) is 0. The Morgan fingerprint density at radius 1 is 0.914 bits per heavy atom. The van der Waals surface area contributed by atoms with E-state index in [4.69, 9.17) is 5.11 Å². The van der Waals surface area contributed by atoms with Crippen molar-refractivity contribution in [1.82, 2.24) is 5.32 Å². The number of alkyl halides is 3. The summed E-state index contributed by atoms with van der Waals surface area (Å²) in [6.07, 6.45) is -4.63. The molecule has 0 atom stereocenters. The van der Waals surface area contributed by atoms with Gasteiger partial charge in [0.1, 0.15) is 5.82 Å². The predicted octanol–water partition coefficient (Wildman–Crippen LogP) is 6.02. The number of aliphatic carboxylic acids is 1. The Hall–Kier alpha value is -3.40. The number of benzene rings is 3.